The highest BCUT2D eigenvalue weighted by molar-refractivity contribution is 7.10. The monoisotopic (exact) mass is 217 g/mol. The molecule has 2 aromatic heterocycles. The molecule has 0 amide bonds. The van der Waals surface area contributed by atoms with Crippen LogP contribution >= 0.6 is 11.3 Å². The molecule has 2 aromatic rings. The van der Waals surface area contributed by atoms with Crippen molar-refractivity contribution >= 4 is 11.3 Å². The van der Waals surface area contributed by atoms with E-state index in [1.165, 1.54) is 10.4 Å². The Morgan fingerprint density at radius 2 is 2.40 bits per heavy atom. The van der Waals surface area contributed by atoms with Crippen LogP contribution < -0.4 is 5.32 Å². The minimum Gasteiger partial charge on any atom is -0.305 e. The van der Waals surface area contributed by atoms with Crippen molar-refractivity contribution in [1.29, 1.82) is 0 Å². The molecule has 1 unspecified atom stereocenters. The van der Waals surface area contributed by atoms with Crippen LogP contribution in [0.3, 0.4) is 0 Å². The standard InChI is InChI=1S/C11H11N3S/c1-4-12-7-14-9(1)11-8-3-6-15-10(8)2-5-13-11/h1,3-4,6-7,11,13H,2,5H2. The highest BCUT2D eigenvalue weighted by Crippen LogP contribution is 2.30. The van der Waals surface area contributed by atoms with Gasteiger partial charge in [-0.2, -0.15) is 0 Å². The Morgan fingerprint density at radius 3 is 3.27 bits per heavy atom. The van der Waals surface area contributed by atoms with Crippen molar-refractivity contribution in [2.45, 2.75) is 12.5 Å². The van der Waals surface area contributed by atoms with Gasteiger partial charge in [0.05, 0.1) is 11.7 Å². The molecule has 0 fully saturated rings. The first-order valence-electron chi connectivity index (χ1n) is 5.01. The first kappa shape index (κ1) is 9.00. The molecule has 1 aliphatic rings. The van der Waals surface area contributed by atoms with Crippen molar-refractivity contribution in [3.05, 3.63) is 46.2 Å². The molecule has 3 rings (SSSR count). The molecule has 0 saturated carbocycles. The van der Waals surface area contributed by atoms with Crippen LogP contribution in [0.1, 0.15) is 22.2 Å². The average molecular weight is 217 g/mol. The van der Waals surface area contributed by atoms with Crippen LogP contribution in [0, 0.1) is 0 Å². The van der Waals surface area contributed by atoms with Gasteiger partial charge in [-0.3, -0.25) is 0 Å². The third-order valence-electron chi connectivity index (χ3n) is 2.69. The molecule has 15 heavy (non-hydrogen) atoms. The molecule has 1 N–H and O–H groups in total. The van der Waals surface area contributed by atoms with Crippen LogP contribution in [0.5, 0.6) is 0 Å². The molecule has 1 aliphatic heterocycles. The van der Waals surface area contributed by atoms with Crippen molar-refractivity contribution in [1.82, 2.24) is 15.3 Å². The van der Waals surface area contributed by atoms with Gasteiger partial charge in [-0.15, -0.1) is 11.3 Å². The van der Waals surface area contributed by atoms with Crippen molar-refractivity contribution in [3.8, 4) is 0 Å². The van der Waals surface area contributed by atoms with E-state index in [1.807, 2.05) is 17.4 Å². The lowest BCUT2D eigenvalue weighted by Gasteiger charge is -2.23. The maximum absolute atomic E-state index is 4.31. The predicted molar refractivity (Wildman–Crippen MR) is 59.9 cm³/mol. The quantitative estimate of drug-likeness (QED) is 0.791. The third-order valence-corrected chi connectivity index (χ3v) is 3.69. The summed E-state index contributed by atoms with van der Waals surface area (Å²) in [6.07, 6.45) is 4.54. The molecule has 0 saturated heterocycles. The van der Waals surface area contributed by atoms with Gasteiger partial charge in [-0.1, -0.05) is 0 Å². The summed E-state index contributed by atoms with van der Waals surface area (Å²) in [6, 6.07) is 4.42. The molecule has 0 spiro atoms. The lowest BCUT2D eigenvalue weighted by molar-refractivity contribution is 0.562. The molecule has 1 atom stereocenters. The topological polar surface area (TPSA) is 37.8 Å². The van der Waals surface area contributed by atoms with E-state index in [0.29, 0.717) is 0 Å². The number of thiophene rings is 1. The molecule has 3 heterocycles. The van der Waals surface area contributed by atoms with Crippen LogP contribution in [-0.2, 0) is 6.42 Å². The van der Waals surface area contributed by atoms with E-state index in [1.54, 1.807) is 12.5 Å². The molecular formula is C11H11N3S. The highest BCUT2D eigenvalue weighted by Gasteiger charge is 2.22. The maximum Gasteiger partial charge on any atom is 0.115 e. The molecule has 3 nitrogen and oxygen atoms in total. The van der Waals surface area contributed by atoms with Gasteiger partial charge in [0.1, 0.15) is 6.33 Å². The molecule has 0 aromatic carbocycles. The van der Waals surface area contributed by atoms with Crippen LogP contribution in [-0.4, -0.2) is 16.5 Å². The van der Waals surface area contributed by atoms with Gasteiger partial charge in [0.15, 0.2) is 0 Å². The van der Waals surface area contributed by atoms with Crippen molar-refractivity contribution in [3.63, 3.8) is 0 Å². The minimum absolute atomic E-state index is 0.253. The van der Waals surface area contributed by atoms with E-state index in [0.717, 1.165) is 18.7 Å². The smallest absolute Gasteiger partial charge is 0.115 e. The lowest BCUT2D eigenvalue weighted by Crippen LogP contribution is -2.30. The first-order chi connectivity index (χ1) is 7.45. The third kappa shape index (κ3) is 1.56. The number of aromatic nitrogens is 2. The Kier molecular flexibility index (Phi) is 2.23. The number of rotatable bonds is 1. The fourth-order valence-electron chi connectivity index (χ4n) is 1.99. The van der Waals surface area contributed by atoms with E-state index < -0.39 is 0 Å². The van der Waals surface area contributed by atoms with E-state index in [9.17, 15) is 0 Å². The zero-order valence-corrected chi connectivity index (χ0v) is 9.00. The van der Waals surface area contributed by atoms with Crippen molar-refractivity contribution in [2.75, 3.05) is 6.54 Å². The number of nitrogens with zero attached hydrogens (tertiary/aromatic N) is 2. The molecule has 4 heteroatoms. The number of hydrogen-bond acceptors (Lipinski definition) is 4. The van der Waals surface area contributed by atoms with Gasteiger partial charge in [-0.05, 0) is 29.5 Å². The number of hydrogen-bond donors (Lipinski definition) is 1. The number of nitrogens with one attached hydrogen (secondary N) is 1. The number of fused-ring (bicyclic) bond motifs is 1. The molecule has 76 valence electrons. The summed E-state index contributed by atoms with van der Waals surface area (Å²) in [4.78, 5) is 9.74. The second-order valence-corrected chi connectivity index (χ2v) is 4.57. The van der Waals surface area contributed by atoms with Gasteiger partial charge >= 0.3 is 0 Å². The zero-order chi connectivity index (χ0) is 10.1. The first-order valence-corrected chi connectivity index (χ1v) is 5.88. The van der Waals surface area contributed by atoms with Gasteiger partial charge in [0.25, 0.3) is 0 Å². The van der Waals surface area contributed by atoms with Gasteiger partial charge in [0, 0.05) is 17.6 Å². The molecule has 0 aliphatic carbocycles. The molecular weight excluding hydrogens is 206 g/mol. The summed E-state index contributed by atoms with van der Waals surface area (Å²) in [7, 11) is 0. The fourth-order valence-corrected chi connectivity index (χ4v) is 2.91. The lowest BCUT2D eigenvalue weighted by atomic mass is 10.00. The van der Waals surface area contributed by atoms with Crippen LogP contribution in [0.25, 0.3) is 0 Å². The fraction of sp³-hybridized carbons (Fsp3) is 0.273. The second kappa shape index (κ2) is 3.72. The van der Waals surface area contributed by atoms with E-state index >= 15 is 0 Å². The van der Waals surface area contributed by atoms with Crippen LogP contribution in [0.15, 0.2) is 30.0 Å². The summed E-state index contributed by atoms with van der Waals surface area (Å²) in [6.45, 7) is 1.03. The Balaban J connectivity index is 2.03. The zero-order valence-electron chi connectivity index (χ0n) is 8.18. The van der Waals surface area contributed by atoms with Crippen LogP contribution in [0.4, 0.5) is 0 Å². The highest BCUT2D eigenvalue weighted by atomic mass is 32.1. The van der Waals surface area contributed by atoms with E-state index in [-0.39, 0.29) is 6.04 Å². The van der Waals surface area contributed by atoms with Gasteiger partial charge < -0.3 is 5.32 Å². The molecule has 0 bridgehead atoms. The van der Waals surface area contributed by atoms with Crippen LogP contribution in [0.2, 0.25) is 0 Å². The summed E-state index contributed by atoms with van der Waals surface area (Å²) < 4.78 is 0. The minimum atomic E-state index is 0.253. The normalized spacial score (nSPS) is 19.9. The SMILES string of the molecule is c1cc(C2NCCc3sccc32)ncn1. The summed E-state index contributed by atoms with van der Waals surface area (Å²) >= 11 is 1.84. The van der Waals surface area contributed by atoms with E-state index in [4.69, 9.17) is 0 Å². The Hall–Kier alpha value is -1.26. The summed E-state index contributed by atoms with van der Waals surface area (Å²) in [5.74, 6) is 0. The Labute approximate surface area is 92.2 Å². The average Bonchev–Trinajstić information content (AvgIpc) is 2.78. The van der Waals surface area contributed by atoms with Gasteiger partial charge in [-0.25, -0.2) is 9.97 Å². The van der Waals surface area contributed by atoms with Crippen molar-refractivity contribution in [2.24, 2.45) is 0 Å². The summed E-state index contributed by atoms with van der Waals surface area (Å²) in [5, 5.41) is 5.65. The molecule has 0 radical (unpaired) electrons. The largest absolute Gasteiger partial charge is 0.305 e. The maximum atomic E-state index is 4.31. The summed E-state index contributed by atoms with van der Waals surface area (Å²) in [5.41, 5.74) is 2.44. The Morgan fingerprint density at radius 1 is 1.40 bits per heavy atom. The van der Waals surface area contributed by atoms with Gasteiger partial charge in [0.2, 0.25) is 0 Å². The van der Waals surface area contributed by atoms with E-state index in [2.05, 4.69) is 26.7 Å². The predicted octanol–water partition coefficient (Wildman–Crippen LogP) is 1.77. The Bertz CT molecular complexity index is 452. The van der Waals surface area contributed by atoms with Crippen molar-refractivity contribution < 1.29 is 0 Å². The second-order valence-electron chi connectivity index (χ2n) is 3.57.